The number of piperidine rings is 1. The van der Waals surface area contributed by atoms with Crippen LogP contribution in [0.2, 0.25) is 5.02 Å². The van der Waals surface area contributed by atoms with Crippen molar-refractivity contribution in [3.05, 3.63) is 34.9 Å². The number of halogens is 1. The van der Waals surface area contributed by atoms with E-state index >= 15 is 0 Å². The van der Waals surface area contributed by atoms with Gasteiger partial charge in [-0.25, -0.2) is 4.79 Å². The zero-order valence-electron chi connectivity index (χ0n) is 11.4. The second-order valence-electron chi connectivity index (χ2n) is 5.50. The molecule has 106 valence electrons. The van der Waals surface area contributed by atoms with Crippen LogP contribution in [0.1, 0.15) is 36.0 Å². The largest absolute Gasteiger partial charge is 0.365 e. The van der Waals surface area contributed by atoms with Crippen LogP contribution >= 0.6 is 11.6 Å². The fourth-order valence-corrected chi connectivity index (χ4v) is 3.15. The van der Waals surface area contributed by atoms with Crippen molar-refractivity contribution < 1.29 is 9.63 Å². The second-order valence-corrected chi connectivity index (χ2v) is 5.94. The van der Waals surface area contributed by atoms with Crippen LogP contribution in [0, 0.1) is 0 Å². The molecule has 2 atom stereocenters. The third kappa shape index (κ3) is 2.72. The highest BCUT2D eigenvalue weighted by atomic mass is 35.5. The van der Waals surface area contributed by atoms with Gasteiger partial charge in [0.05, 0.1) is 11.3 Å². The first-order chi connectivity index (χ1) is 9.63. The molecule has 20 heavy (non-hydrogen) atoms. The summed E-state index contributed by atoms with van der Waals surface area (Å²) in [6, 6.07) is 7.73. The van der Waals surface area contributed by atoms with Gasteiger partial charge < -0.3 is 4.84 Å². The summed E-state index contributed by atoms with van der Waals surface area (Å²) in [5.74, 6) is -0.430. The standard InChI is InChI=1S/C15H17ClN2O2/c1-18-13-6-7-14(18)9-12(8-13)17-20-15(19)10-2-4-11(16)5-3-10/h2-5,13-14H,6-9H2,1H3/t13-,14-/m1/s1. The number of benzene rings is 1. The Morgan fingerprint density at radius 3 is 2.45 bits per heavy atom. The quantitative estimate of drug-likeness (QED) is 0.621. The van der Waals surface area contributed by atoms with E-state index in [0.717, 1.165) is 18.6 Å². The van der Waals surface area contributed by atoms with Crippen LogP contribution in [0.3, 0.4) is 0 Å². The maximum absolute atomic E-state index is 11.9. The highest BCUT2D eigenvalue weighted by Crippen LogP contribution is 2.32. The summed E-state index contributed by atoms with van der Waals surface area (Å²) in [7, 11) is 2.17. The van der Waals surface area contributed by atoms with E-state index in [1.807, 2.05) is 0 Å². The second kappa shape index (κ2) is 5.54. The Morgan fingerprint density at radius 1 is 1.25 bits per heavy atom. The maximum Gasteiger partial charge on any atom is 0.365 e. The smallest absolute Gasteiger partial charge is 0.313 e. The molecule has 1 aromatic carbocycles. The van der Waals surface area contributed by atoms with Crippen molar-refractivity contribution in [3.8, 4) is 0 Å². The summed E-state index contributed by atoms with van der Waals surface area (Å²) in [4.78, 5) is 19.3. The van der Waals surface area contributed by atoms with Crippen molar-refractivity contribution >= 4 is 23.3 Å². The fraction of sp³-hybridized carbons (Fsp3) is 0.467. The molecule has 2 aliphatic heterocycles. The van der Waals surface area contributed by atoms with Gasteiger partial charge in [0.25, 0.3) is 0 Å². The molecular weight excluding hydrogens is 276 g/mol. The number of nitrogens with zero attached hydrogens (tertiary/aromatic N) is 2. The van der Waals surface area contributed by atoms with Gasteiger partial charge in [0.2, 0.25) is 0 Å². The lowest BCUT2D eigenvalue weighted by Crippen LogP contribution is -2.40. The van der Waals surface area contributed by atoms with E-state index < -0.39 is 5.97 Å². The van der Waals surface area contributed by atoms with Crippen molar-refractivity contribution in [1.29, 1.82) is 0 Å². The highest BCUT2D eigenvalue weighted by Gasteiger charge is 2.36. The fourth-order valence-electron chi connectivity index (χ4n) is 3.03. The zero-order valence-corrected chi connectivity index (χ0v) is 12.1. The van der Waals surface area contributed by atoms with E-state index in [1.54, 1.807) is 24.3 Å². The molecule has 0 unspecified atom stereocenters. The van der Waals surface area contributed by atoms with Gasteiger partial charge >= 0.3 is 5.97 Å². The van der Waals surface area contributed by atoms with Gasteiger partial charge in [0.1, 0.15) is 0 Å². The molecule has 4 nitrogen and oxygen atoms in total. The number of fused-ring (bicyclic) bond motifs is 2. The van der Waals surface area contributed by atoms with E-state index in [1.165, 1.54) is 12.8 Å². The first-order valence-electron chi connectivity index (χ1n) is 6.88. The minimum atomic E-state index is -0.430. The Bertz CT molecular complexity index is 525. The molecule has 0 aliphatic carbocycles. The number of carbonyl (C=O) groups excluding carboxylic acids is 1. The van der Waals surface area contributed by atoms with Crippen molar-refractivity contribution in [1.82, 2.24) is 4.90 Å². The molecule has 0 saturated carbocycles. The summed E-state index contributed by atoms with van der Waals surface area (Å²) < 4.78 is 0. The zero-order chi connectivity index (χ0) is 14.1. The molecule has 0 N–H and O–H groups in total. The lowest BCUT2D eigenvalue weighted by Gasteiger charge is -2.31. The van der Waals surface area contributed by atoms with Crippen molar-refractivity contribution in [3.63, 3.8) is 0 Å². The maximum atomic E-state index is 11.9. The molecule has 5 heteroatoms. The van der Waals surface area contributed by atoms with Gasteiger partial charge in [-0.05, 0) is 44.2 Å². The van der Waals surface area contributed by atoms with E-state index in [2.05, 4.69) is 17.1 Å². The van der Waals surface area contributed by atoms with Crippen LogP contribution in [0.4, 0.5) is 0 Å². The van der Waals surface area contributed by atoms with Gasteiger partial charge in [0.15, 0.2) is 0 Å². The van der Waals surface area contributed by atoms with E-state index in [0.29, 0.717) is 22.7 Å². The molecule has 0 radical (unpaired) electrons. The summed E-state index contributed by atoms with van der Waals surface area (Å²) >= 11 is 5.78. The predicted molar refractivity (Wildman–Crippen MR) is 78.1 cm³/mol. The van der Waals surface area contributed by atoms with Crippen LogP contribution in [0.15, 0.2) is 29.4 Å². The summed E-state index contributed by atoms with van der Waals surface area (Å²) in [6.07, 6.45) is 4.23. The van der Waals surface area contributed by atoms with Crippen LogP contribution in [0.25, 0.3) is 0 Å². The molecule has 2 fully saturated rings. The Labute approximate surface area is 123 Å². The van der Waals surface area contributed by atoms with Crippen LogP contribution in [-0.4, -0.2) is 35.7 Å². The first-order valence-corrected chi connectivity index (χ1v) is 7.26. The molecule has 2 aliphatic rings. The third-order valence-corrected chi connectivity index (χ3v) is 4.52. The van der Waals surface area contributed by atoms with Crippen molar-refractivity contribution in [2.24, 2.45) is 5.16 Å². The van der Waals surface area contributed by atoms with Crippen LogP contribution in [0.5, 0.6) is 0 Å². The number of carbonyl (C=O) groups is 1. The Morgan fingerprint density at radius 2 is 1.85 bits per heavy atom. The molecule has 2 bridgehead atoms. The number of rotatable bonds is 2. The number of hydrogen-bond acceptors (Lipinski definition) is 4. The number of oxime groups is 1. The van der Waals surface area contributed by atoms with Gasteiger partial charge in [-0.15, -0.1) is 0 Å². The van der Waals surface area contributed by atoms with Crippen molar-refractivity contribution in [2.45, 2.75) is 37.8 Å². The average molecular weight is 293 g/mol. The average Bonchev–Trinajstić information content (AvgIpc) is 2.66. The molecule has 2 saturated heterocycles. The van der Waals surface area contributed by atoms with E-state index in [-0.39, 0.29) is 0 Å². The molecule has 0 spiro atoms. The van der Waals surface area contributed by atoms with E-state index in [9.17, 15) is 4.79 Å². The molecule has 2 heterocycles. The normalized spacial score (nSPS) is 25.6. The monoisotopic (exact) mass is 292 g/mol. The van der Waals surface area contributed by atoms with Crippen LogP contribution < -0.4 is 0 Å². The van der Waals surface area contributed by atoms with Gasteiger partial charge in [-0.2, -0.15) is 0 Å². The Hall–Kier alpha value is -1.39. The lowest BCUT2D eigenvalue weighted by molar-refractivity contribution is 0.0510. The minimum absolute atomic E-state index is 0.430. The topological polar surface area (TPSA) is 41.9 Å². The van der Waals surface area contributed by atoms with Gasteiger partial charge in [-0.1, -0.05) is 16.8 Å². The first kappa shape index (κ1) is 13.6. The highest BCUT2D eigenvalue weighted by molar-refractivity contribution is 6.30. The molecule has 1 aromatic rings. The molecular formula is C15H17ClN2O2. The summed E-state index contributed by atoms with van der Waals surface area (Å²) in [5, 5.41) is 4.66. The van der Waals surface area contributed by atoms with Gasteiger partial charge in [-0.3, -0.25) is 4.90 Å². The number of hydrogen-bond donors (Lipinski definition) is 0. The Kier molecular flexibility index (Phi) is 3.76. The Balaban J connectivity index is 1.63. The van der Waals surface area contributed by atoms with Crippen molar-refractivity contribution in [2.75, 3.05) is 7.05 Å². The summed E-state index contributed by atoms with van der Waals surface area (Å²) in [5.41, 5.74) is 1.47. The van der Waals surface area contributed by atoms with E-state index in [4.69, 9.17) is 16.4 Å². The third-order valence-electron chi connectivity index (χ3n) is 4.27. The molecule has 0 aromatic heterocycles. The SMILES string of the molecule is CN1[C@@H]2CC[C@@H]1CC(=NOC(=O)c1ccc(Cl)cc1)C2. The van der Waals surface area contributed by atoms with Crippen LogP contribution in [-0.2, 0) is 4.84 Å². The molecule has 0 amide bonds. The summed E-state index contributed by atoms with van der Waals surface area (Å²) in [6.45, 7) is 0. The van der Waals surface area contributed by atoms with Gasteiger partial charge in [0, 0.05) is 29.9 Å². The minimum Gasteiger partial charge on any atom is -0.313 e. The predicted octanol–water partition coefficient (Wildman–Crippen LogP) is 3.11. The lowest BCUT2D eigenvalue weighted by atomic mass is 10.0. The molecule has 3 rings (SSSR count).